The minimum Gasteiger partial charge on any atom is -0.869 e. The zero-order valence-electron chi connectivity index (χ0n) is 13.1. The summed E-state index contributed by atoms with van der Waals surface area (Å²) >= 11 is 11.4. The SMILES string of the molecule is [Cu+2].[O-]c1c([18F])cc(Cl)c2cccnc12.[O-]c1c([18F])cc(Cl)c2cccnc12. The average molecular weight is 455 g/mol. The van der Waals surface area contributed by atoms with Gasteiger partial charge in [-0.1, -0.05) is 23.2 Å². The van der Waals surface area contributed by atoms with E-state index in [1.807, 2.05) is 0 Å². The van der Waals surface area contributed by atoms with Crippen LogP contribution in [0.4, 0.5) is 8.78 Å². The van der Waals surface area contributed by atoms with Crippen molar-refractivity contribution in [1.82, 2.24) is 9.97 Å². The number of halogens is 4. The molecule has 0 spiro atoms. The molecule has 0 unspecified atom stereocenters. The van der Waals surface area contributed by atoms with Crippen molar-refractivity contribution in [2.24, 2.45) is 0 Å². The van der Waals surface area contributed by atoms with Gasteiger partial charge in [-0.05, 0) is 47.9 Å². The van der Waals surface area contributed by atoms with Gasteiger partial charge in [0.25, 0.3) is 0 Å². The van der Waals surface area contributed by atoms with Crippen molar-refractivity contribution < 1.29 is 36.1 Å². The monoisotopic (exact) mass is 453 g/mol. The quantitative estimate of drug-likeness (QED) is 0.373. The number of hydrogen-bond donors (Lipinski definition) is 0. The maximum Gasteiger partial charge on any atom is 2.00 e. The van der Waals surface area contributed by atoms with Crippen molar-refractivity contribution in [2.45, 2.75) is 0 Å². The molecule has 4 aromatic rings. The Bertz CT molecular complexity index is 1040. The molecule has 0 aliphatic carbocycles. The van der Waals surface area contributed by atoms with Crippen molar-refractivity contribution in [3.63, 3.8) is 0 Å². The predicted octanol–water partition coefficient (Wildman–Crippen LogP) is 4.20. The topological polar surface area (TPSA) is 71.9 Å². The second-order valence-corrected chi connectivity index (χ2v) is 5.95. The van der Waals surface area contributed by atoms with Gasteiger partial charge >= 0.3 is 17.1 Å². The zero-order chi connectivity index (χ0) is 18.8. The van der Waals surface area contributed by atoms with E-state index in [0.717, 1.165) is 12.1 Å². The summed E-state index contributed by atoms with van der Waals surface area (Å²) in [5, 5.41) is 23.7. The van der Waals surface area contributed by atoms with Gasteiger partial charge in [0.2, 0.25) is 0 Å². The molecule has 2 aromatic heterocycles. The van der Waals surface area contributed by atoms with E-state index in [1.54, 1.807) is 24.3 Å². The molecule has 9 heteroatoms. The summed E-state index contributed by atoms with van der Waals surface area (Å²) in [6.45, 7) is 0. The van der Waals surface area contributed by atoms with Crippen molar-refractivity contribution in [3.8, 4) is 11.5 Å². The third-order valence-electron chi connectivity index (χ3n) is 3.50. The molecule has 141 valence electrons. The standard InChI is InChI=1S/2C9H5ClFNO.Cu/c2*10-6-4-7(11)9(13)8-5(6)2-1-3-12-8;/h2*1-4,13H;/q;;+2/p-2/i2*11-1;. The maximum absolute atomic E-state index is 12.9. The molecule has 0 saturated carbocycles. The van der Waals surface area contributed by atoms with Gasteiger partial charge in [0, 0.05) is 23.2 Å². The summed E-state index contributed by atoms with van der Waals surface area (Å²) in [5.41, 5.74) is 0.153. The normalized spacial score (nSPS) is 10.2. The van der Waals surface area contributed by atoms with E-state index in [9.17, 15) is 19.0 Å². The molecule has 2 heterocycles. The van der Waals surface area contributed by atoms with E-state index >= 15 is 0 Å². The molecule has 0 bridgehead atoms. The first-order chi connectivity index (χ1) is 12.4. The third kappa shape index (κ3) is 4.22. The second kappa shape index (κ2) is 8.67. The maximum atomic E-state index is 12.9. The molecule has 0 saturated heterocycles. The van der Waals surface area contributed by atoms with Crippen LogP contribution < -0.4 is 10.2 Å². The van der Waals surface area contributed by atoms with Gasteiger partial charge in [0.05, 0.1) is 21.1 Å². The fraction of sp³-hybridized carbons (Fsp3) is 0. The summed E-state index contributed by atoms with van der Waals surface area (Å²) < 4.78 is 25.7. The molecule has 27 heavy (non-hydrogen) atoms. The van der Waals surface area contributed by atoms with Gasteiger partial charge in [-0.15, -0.1) is 0 Å². The third-order valence-corrected chi connectivity index (χ3v) is 4.13. The number of aromatic nitrogens is 2. The molecule has 0 amide bonds. The first-order valence-electron chi connectivity index (χ1n) is 7.19. The van der Waals surface area contributed by atoms with Crippen molar-refractivity contribution in [1.29, 1.82) is 0 Å². The predicted molar refractivity (Wildman–Crippen MR) is 92.3 cm³/mol. The average Bonchev–Trinajstić information content (AvgIpc) is 2.65. The van der Waals surface area contributed by atoms with Crippen molar-refractivity contribution in [3.05, 3.63) is 70.5 Å². The van der Waals surface area contributed by atoms with Gasteiger partial charge in [-0.2, -0.15) is 0 Å². The van der Waals surface area contributed by atoms with Crippen LogP contribution in [-0.4, -0.2) is 9.97 Å². The number of nitrogens with zero attached hydrogens (tertiary/aromatic N) is 2. The number of benzene rings is 2. The number of rotatable bonds is 0. The number of pyridine rings is 2. The Labute approximate surface area is 172 Å². The van der Waals surface area contributed by atoms with Gasteiger partial charge < -0.3 is 10.2 Å². The molecular formula is C18H8Cl2CuF2N2O2. The van der Waals surface area contributed by atoms with Gasteiger partial charge in [0.1, 0.15) is 11.6 Å². The summed E-state index contributed by atoms with van der Waals surface area (Å²) in [7, 11) is 0. The van der Waals surface area contributed by atoms with Crippen LogP contribution in [0.25, 0.3) is 21.8 Å². The van der Waals surface area contributed by atoms with E-state index in [2.05, 4.69) is 9.97 Å². The van der Waals surface area contributed by atoms with Crippen LogP contribution in [0.15, 0.2) is 48.8 Å². The number of hydrogen-bond acceptors (Lipinski definition) is 4. The van der Waals surface area contributed by atoms with Crippen LogP contribution in [0.2, 0.25) is 10.0 Å². The molecule has 2 aromatic carbocycles. The van der Waals surface area contributed by atoms with E-state index in [0.29, 0.717) is 10.8 Å². The van der Waals surface area contributed by atoms with Crippen LogP contribution in [0, 0.1) is 11.6 Å². The Hall–Kier alpha value is -2.18. The van der Waals surface area contributed by atoms with Gasteiger partial charge in [-0.25, -0.2) is 8.78 Å². The molecule has 0 N–H and O–H groups in total. The van der Waals surface area contributed by atoms with E-state index in [-0.39, 0.29) is 38.1 Å². The Kier molecular flexibility index (Phi) is 6.78. The first-order valence-corrected chi connectivity index (χ1v) is 7.95. The van der Waals surface area contributed by atoms with Crippen LogP contribution in [-0.2, 0) is 17.1 Å². The fourth-order valence-electron chi connectivity index (χ4n) is 2.29. The molecule has 1 radical (unpaired) electrons. The number of fused-ring (bicyclic) bond motifs is 2. The molecule has 0 atom stereocenters. The summed E-state index contributed by atoms with van der Waals surface area (Å²) in [6, 6.07) is 8.57. The summed E-state index contributed by atoms with van der Waals surface area (Å²) in [6.07, 6.45) is 2.86. The van der Waals surface area contributed by atoms with Crippen molar-refractivity contribution in [2.75, 3.05) is 0 Å². The van der Waals surface area contributed by atoms with E-state index < -0.39 is 23.1 Å². The van der Waals surface area contributed by atoms with E-state index in [1.165, 1.54) is 12.4 Å². The Morgan fingerprint density at radius 2 is 1.11 bits per heavy atom. The Morgan fingerprint density at radius 1 is 0.741 bits per heavy atom. The Morgan fingerprint density at radius 3 is 1.48 bits per heavy atom. The molecular weight excluding hydrogens is 447 g/mol. The molecule has 0 fully saturated rings. The summed E-state index contributed by atoms with van der Waals surface area (Å²) in [5.74, 6) is -3.15. The first kappa shape index (κ1) is 21.1. The minimum atomic E-state index is -0.865. The van der Waals surface area contributed by atoms with Gasteiger partial charge in [0.15, 0.2) is 0 Å². The molecule has 4 rings (SSSR count). The fourth-order valence-corrected chi connectivity index (χ4v) is 2.79. The molecule has 0 aliphatic rings. The second-order valence-electron chi connectivity index (χ2n) is 5.14. The van der Waals surface area contributed by atoms with Crippen LogP contribution in [0.1, 0.15) is 0 Å². The smallest absolute Gasteiger partial charge is 0.869 e. The van der Waals surface area contributed by atoms with Crippen LogP contribution >= 0.6 is 23.2 Å². The zero-order valence-corrected chi connectivity index (χ0v) is 15.6. The largest absolute Gasteiger partial charge is 2.00 e. The van der Waals surface area contributed by atoms with E-state index in [4.69, 9.17) is 23.2 Å². The van der Waals surface area contributed by atoms with Crippen LogP contribution in [0.5, 0.6) is 11.5 Å². The van der Waals surface area contributed by atoms with Crippen molar-refractivity contribution >= 4 is 45.0 Å². The summed E-state index contributed by atoms with van der Waals surface area (Å²) in [4.78, 5) is 7.53. The Balaban J connectivity index is 0.000000187. The van der Waals surface area contributed by atoms with Gasteiger partial charge in [-0.3, -0.25) is 9.97 Å². The van der Waals surface area contributed by atoms with Crippen LogP contribution in [0.3, 0.4) is 0 Å². The molecule has 4 nitrogen and oxygen atoms in total. The molecule has 0 aliphatic heterocycles. The minimum absolute atomic E-state index is 0.